The zero-order chi connectivity index (χ0) is 26.6. The average molecular weight is 503 g/mol. The second kappa shape index (κ2) is 11.6. The first kappa shape index (κ1) is 28.9. The molecule has 2 rings (SSSR count). The summed E-state index contributed by atoms with van der Waals surface area (Å²) in [6, 6.07) is 9.27. The van der Waals surface area contributed by atoms with Crippen molar-refractivity contribution in [1.82, 2.24) is 14.7 Å². The average Bonchev–Trinajstić information content (AvgIpc) is 3.09. The number of nitrogens with one attached hydrogen (secondary N) is 1. The molecule has 0 aliphatic heterocycles. The lowest BCUT2D eigenvalue weighted by atomic mass is 9.84. The van der Waals surface area contributed by atoms with Gasteiger partial charge in [0.25, 0.3) is 0 Å². The van der Waals surface area contributed by atoms with Gasteiger partial charge in [-0.05, 0) is 35.8 Å². The van der Waals surface area contributed by atoms with E-state index in [0.29, 0.717) is 29.5 Å². The van der Waals surface area contributed by atoms with Crippen molar-refractivity contribution >= 4 is 29.2 Å². The molecule has 0 fully saturated rings. The first-order valence-corrected chi connectivity index (χ1v) is 12.9. The van der Waals surface area contributed by atoms with E-state index in [1.54, 1.807) is 15.6 Å². The highest BCUT2D eigenvalue weighted by molar-refractivity contribution is 6.32. The number of hydrogen-bond acceptors (Lipinski definition) is 3. The summed E-state index contributed by atoms with van der Waals surface area (Å²) in [7, 11) is 0. The molecule has 2 amide bonds. The molecule has 0 aliphatic rings. The Morgan fingerprint density at radius 2 is 1.71 bits per heavy atom. The lowest BCUT2D eigenvalue weighted by Crippen LogP contribution is -2.41. The van der Waals surface area contributed by atoms with Crippen LogP contribution in [0, 0.1) is 17.3 Å². The maximum absolute atomic E-state index is 13.2. The Bertz CT molecular complexity index is 1010. The van der Waals surface area contributed by atoms with Crippen LogP contribution in [0.15, 0.2) is 30.3 Å². The zero-order valence-electron chi connectivity index (χ0n) is 22.9. The predicted octanol–water partition coefficient (Wildman–Crippen LogP) is 6.71. The molecule has 1 atom stereocenters. The van der Waals surface area contributed by atoms with Crippen molar-refractivity contribution in [2.24, 2.45) is 17.3 Å². The van der Waals surface area contributed by atoms with Gasteiger partial charge in [0.15, 0.2) is 0 Å². The molecule has 6 nitrogen and oxygen atoms in total. The molecule has 1 aromatic heterocycles. The summed E-state index contributed by atoms with van der Waals surface area (Å²) in [6.07, 6.45) is 1.38. The van der Waals surface area contributed by atoms with Gasteiger partial charge in [0, 0.05) is 24.4 Å². The third-order valence-electron chi connectivity index (χ3n) is 5.58. The topological polar surface area (TPSA) is 67.2 Å². The van der Waals surface area contributed by atoms with Crippen LogP contribution in [0.3, 0.4) is 0 Å². The number of carbonyl (C=O) groups is 2. The minimum atomic E-state index is -0.254. The summed E-state index contributed by atoms with van der Waals surface area (Å²) in [5, 5.41) is 8.26. The summed E-state index contributed by atoms with van der Waals surface area (Å²) in [6.45, 7) is 19.5. The summed E-state index contributed by atoms with van der Waals surface area (Å²) in [5.41, 5.74) is 1.46. The molecule has 0 saturated carbocycles. The van der Waals surface area contributed by atoms with Crippen LogP contribution in [0.4, 0.5) is 5.82 Å². The van der Waals surface area contributed by atoms with Crippen molar-refractivity contribution in [3.05, 3.63) is 41.0 Å². The summed E-state index contributed by atoms with van der Waals surface area (Å²) in [4.78, 5) is 28.0. The maximum atomic E-state index is 13.2. The Hall–Kier alpha value is -2.34. The van der Waals surface area contributed by atoms with E-state index in [0.717, 1.165) is 12.1 Å². The normalized spacial score (nSPS) is 13.1. The van der Waals surface area contributed by atoms with E-state index in [4.69, 9.17) is 16.7 Å². The summed E-state index contributed by atoms with van der Waals surface area (Å²) >= 11 is 6.44. The zero-order valence-corrected chi connectivity index (χ0v) is 23.7. The van der Waals surface area contributed by atoms with Crippen molar-refractivity contribution < 1.29 is 9.59 Å². The number of rotatable bonds is 9. The molecule has 0 saturated heterocycles. The Balaban J connectivity index is 2.25. The minimum absolute atomic E-state index is 0.00218. The van der Waals surface area contributed by atoms with Crippen molar-refractivity contribution in [3.8, 4) is 5.69 Å². The molecule has 35 heavy (non-hydrogen) atoms. The fourth-order valence-electron chi connectivity index (χ4n) is 4.24. The van der Waals surface area contributed by atoms with Crippen LogP contribution in [-0.4, -0.2) is 39.6 Å². The highest BCUT2D eigenvalue weighted by Crippen LogP contribution is 2.29. The van der Waals surface area contributed by atoms with Crippen LogP contribution < -0.4 is 5.32 Å². The SMILES string of the molecule is CC(C)CN(CC(=O)Nc1cc(C(C)(C)C)nn1-c1ccccc1Cl)C(=O)CC(C)CC(C)(C)C. The molecule has 7 heteroatoms. The van der Waals surface area contributed by atoms with Crippen molar-refractivity contribution in [2.45, 2.75) is 80.6 Å². The molecule has 1 N–H and O–H groups in total. The van der Waals surface area contributed by atoms with Gasteiger partial charge in [-0.25, -0.2) is 4.68 Å². The number of carbonyl (C=O) groups excluding carboxylic acids is 2. The number of aromatic nitrogens is 2. The molecule has 0 spiro atoms. The molecule has 1 aromatic carbocycles. The second-order valence-electron chi connectivity index (χ2n) is 12.3. The van der Waals surface area contributed by atoms with Gasteiger partial charge in [-0.2, -0.15) is 5.10 Å². The number of amides is 2. The van der Waals surface area contributed by atoms with E-state index in [1.807, 2.05) is 24.3 Å². The number of anilines is 1. The van der Waals surface area contributed by atoms with E-state index >= 15 is 0 Å². The van der Waals surface area contributed by atoms with Gasteiger partial charge in [0.1, 0.15) is 5.82 Å². The van der Waals surface area contributed by atoms with Gasteiger partial charge in [-0.15, -0.1) is 0 Å². The summed E-state index contributed by atoms with van der Waals surface area (Å²) < 4.78 is 1.67. The Morgan fingerprint density at radius 3 is 2.26 bits per heavy atom. The van der Waals surface area contributed by atoms with Crippen LogP contribution in [0.2, 0.25) is 5.02 Å². The Labute approximate surface area is 216 Å². The van der Waals surface area contributed by atoms with E-state index in [2.05, 4.69) is 67.6 Å². The van der Waals surface area contributed by atoms with Gasteiger partial charge >= 0.3 is 0 Å². The number of benzene rings is 1. The highest BCUT2D eigenvalue weighted by atomic mass is 35.5. The first-order valence-electron chi connectivity index (χ1n) is 12.5. The standard InChI is InChI=1S/C28H43ClN4O2/c1-19(2)17-32(26(35)14-20(3)16-27(4,5)6)18-25(34)30-24-15-23(28(7,8)9)31-33(24)22-13-11-10-12-21(22)29/h10-13,15,19-20H,14,16-18H2,1-9H3,(H,30,34). The van der Waals surface area contributed by atoms with Crippen LogP contribution in [-0.2, 0) is 15.0 Å². The highest BCUT2D eigenvalue weighted by Gasteiger charge is 2.25. The van der Waals surface area contributed by atoms with Crippen molar-refractivity contribution in [2.75, 3.05) is 18.4 Å². The molecule has 194 valence electrons. The van der Waals surface area contributed by atoms with E-state index < -0.39 is 0 Å². The summed E-state index contributed by atoms with van der Waals surface area (Å²) in [5.74, 6) is 0.796. The fraction of sp³-hybridized carbons (Fsp3) is 0.607. The molecule has 0 radical (unpaired) electrons. The van der Waals surface area contributed by atoms with Gasteiger partial charge in [0.05, 0.1) is 22.9 Å². The first-order chi connectivity index (χ1) is 16.1. The lowest BCUT2D eigenvalue weighted by Gasteiger charge is -2.28. The van der Waals surface area contributed by atoms with Crippen LogP contribution >= 0.6 is 11.6 Å². The fourth-order valence-corrected chi connectivity index (χ4v) is 4.46. The van der Waals surface area contributed by atoms with E-state index in [1.165, 1.54) is 0 Å². The van der Waals surface area contributed by atoms with Gasteiger partial charge in [-0.1, -0.05) is 86.0 Å². The van der Waals surface area contributed by atoms with Crippen molar-refractivity contribution in [1.29, 1.82) is 0 Å². The van der Waals surface area contributed by atoms with E-state index in [-0.39, 0.29) is 41.0 Å². The molecule has 0 aliphatic carbocycles. The monoisotopic (exact) mass is 502 g/mol. The molecule has 2 aromatic rings. The smallest absolute Gasteiger partial charge is 0.245 e. The van der Waals surface area contributed by atoms with Gasteiger partial charge in [-0.3, -0.25) is 9.59 Å². The van der Waals surface area contributed by atoms with Crippen LogP contribution in [0.5, 0.6) is 0 Å². The third-order valence-corrected chi connectivity index (χ3v) is 5.90. The third kappa shape index (κ3) is 8.99. The maximum Gasteiger partial charge on any atom is 0.245 e. The molecule has 1 unspecified atom stereocenters. The predicted molar refractivity (Wildman–Crippen MR) is 145 cm³/mol. The lowest BCUT2D eigenvalue weighted by molar-refractivity contribution is -0.136. The second-order valence-corrected chi connectivity index (χ2v) is 12.7. The number of halogens is 1. The quantitative estimate of drug-likeness (QED) is 0.414. The minimum Gasteiger partial charge on any atom is -0.333 e. The molecule has 0 bridgehead atoms. The molecular formula is C28H43ClN4O2. The van der Waals surface area contributed by atoms with E-state index in [9.17, 15) is 9.59 Å². The Morgan fingerprint density at radius 1 is 1.09 bits per heavy atom. The molecule has 1 heterocycles. The van der Waals surface area contributed by atoms with Crippen LogP contribution in [0.25, 0.3) is 5.69 Å². The number of nitrogens with zero attached hydrogens (tertiary/aromatic N) is 3. The van der Waals surface area contributed by atoms with Crippen LogP contribution in [0.1, 0.15) is 80.8 Å². The largest absolute Gasteiger partial charge is 0.333 e. The van der Waals surface area contributed by atoms with Gasteiger partial charge in [0.2, 0.25) is 11.8 Å². The number of hydrogen-bond donors (Lipinski definition) is 1. The molecular weight excluding hydrogens is 460 g/mol. The number of para-hydroxylation sites is 1. The van der Waals surface area contributed by atoms with Crippen molar-refractivity contribution in [3.63, 3.8) is 0 Å². The Kier molecular flexibility index (Phi) is 9.57. The van der Waals surface area contributed by atoms with Gasteiger partial charge < -0.3 is 10.2 Å².